The summed E-state index contributed by atoms with van der Waals surface area (Å²) in [7, 11) is 0. The Kier molecular flexibility index (Phi) is 2.58. The lowest BCUT2D eigenvalue weighted by Crippen LogP contribution is -2.53. The molecule has 1 saturated heterocycles. The van der Waals surface area contributed by atoms with Crippen LogP contribution in [0.3, 0.4) is 0 Å². The summed E-state index contributed by atoms with van der Waals surface area (Å²) in [5, 5.41) is 9.53. The van der Waals surface area contributed by atoms with E-state index in [0.29, 0.717) is 10.4 Å². The van der Waals surface area contributed by atoms with E-state index < -0.39 is 5.97 Å². The van der Waals surface area contributed by atoms with Crippen LogP contribution >= 0.6 is 11.6 Å². The van der Waals surface area contributed by atoms with Crippen molar-refractivity contribution >= 4 is 23.3 Å². The lowest BCUT2D eigenvalue weighted by molar-refractivity contribution is 0.0697. The minimum absolute atomic E-state index is 0.282. The zero-order chi connectivity index (χ0) is 11.9. The maximum atomic E-state index is 10.9. The Morgan fingerprint density at radius 3 is 2.56 bits per heavy atom. The molecule has 0 aliphatic carbocycles. The van der Waals surface area contributed by atoms with E-state index in [-0.39, 0.29) is 5.56 Å². The molecule has 16 heavy (non-hydrogen) atoms. The molecular weight excluding hydrogens is 226 g/mol. The zero-order valence-electron chi connectivity index (χ0n) is 9.33. The molecule has 0 amide bonds. The summed E-state index contributed by atoms with van der Waals surface area (Å²) in [6, 6.07) is 4.81. The molecule has 0 aromatic heterocycles. The average Bonchev–Trinajstić information content (AvgIpc) is 2.14. The molecule has 1 aromatic carbocycles. The molecule has 0 saturated carbocycles. The van der Waals surface area contributed by atoms with Gasteiger partial charge in [0.2, 0.25) is 0 Å². The highest BCUT2D eigenvalue weighted by Gasteiger charge is 2.35. The fourth-order valence-corrected chi connectivity index (χ4v) is 2.28. The van der Waals surface area contributed by atoms with Gasteiger partial charge in [-0.05, 0) is 23.6 Å². The second kappa shape index (κ2) is 3.67. The van der Waals surface area contributed by atoms with Gasteiger partial charge in [-0.2, -0.15) is 0 Å². The largest absolute Gasteiger partial charge is 0.478 e. The summed E-state index contributed by atoms with van der Waals surface area (Å²) in [6.45, 7) is 6.18. The Hall–Kier alpha value is -1.22. The van der Waals surface area contributed by atoms with Gasteiger partial charge in [0.15, 0.2) is 0 Å². The first kappa shape index (κ1) is 11.3. The maximum absolute atomic E-state index is 10.9. The number of anilines is 1. The Morgan fingerprint density at radius 2 is 2.06 bits per heavy atom. The van der Waals surface area contributed by atoms with Crippen LogP contribution in [0.4, 0.5) is 5.69 Å². The topological polar surface area (TPSA) is 40.5 Å². The standard InChI is InChI=1S/C12H14ClNO2/c1-12(2)6-14(7-12)10-5-8(11(15)16)3-4-9(10)13/h3-5H,6-7H2,1-2H3,(H,15,16). The second-order valence-electron chi connectivity index (χ2n) is 4.99. The van der Waals surface area contributed by atoms with Gasteiger partial charge in [0, 0.05) is 13.1 Å². The number of carbonyl (C=O) groups is 1. The van der Waals surface area contributed by atoms with E-state index >= 15 is 0 Å². The molecule has 1 N–H and O–H groups in total. The maximum Gasteiger partial charge on any atom is 0.335 e. The number of hydrogen-bond donors (Lipinski definition) is 1. The van der Waals surface area contributed by atoms with Crippen molar-refractivity contribution in [3.8, 4) is 0 Å². The Balaban J connectivity index is 2.27. The third-order valence-electron chi connectivity index (χ3n) is 2.77. The first-order chi connectivity index (χ1) is 7.39. The third kappa shape index (κ3) is 2.00. The van der Waals surface area contributed by atoms with Crippen LogP contribution in [0.2, 0.25) is 5.02 Å². The number of halogens is 1. The molecule has 0 atom stereocenters. The Labute approximate surface area is 99.6 Å². The van der Waals surface area contributed by atoms with Gasteiger partial charge >= 0.3 is 5.97 Å². The fraction of sp³-hybridized carbons (Fsp3) is 0.417. The van der Waals surface area contributed by atoms with E-state index in [1.165, 1.54) is 6.07 Å². The van der Waals surface area contributed by atoms with Crippen LogP contribution in [0, 0.1) is 5.41 Å². The highest BCUT2D eigenvalue weighted by molar-refractivity contribution is 6.33. The van der Waals surface area contributed by atoms with Crippen molar-refractivity contribution in [3.63, 3.8) is 0 Å². The van der Waals surface area contributed by atoms with E-state index in [2.05, 4.69) is 18.7 Å². The summed E-state index contributed by atoms with van der Waals surface area (Å²) in [5.41, 5.74) is 1.40. The van der Waals surface area contributed by atoms with Gasteiger partial charge in [-0.25, -0.2) is 4.79 Å². The lowest BCUT2D eigenvalue weighted by Gasteiger charge is -2.47. The molecule has 0 spiro atoms. The van der Waals surface area contributed by atoms with Crippen molar-refractivity contribution in [1.82, 2.24) is 0 Å². The molecule has 3 nitrogen and oxygen atoms in total. The van der Waals surface area contributed by atoms with E-state index in [1.54, 1.807) is 12.1 Å². The summed E-state index contributed by atoms with van der Waals surface area (Å²) in [6.07, 6.45) is 0. The molecule has 1 aromatic rings. The average molecular weight is 240 g/mol. The molecule has 1 fully saturated rings. The first-order valence-corrected chi connectivity index (χ1v) is 5.55. The summed E-state index contributed by atoms with van der Waals surface area (Å²) in [4.78, 5) is 13.0. The summed E-state index contributed by atoms with van der Waals surface area (Å²) >= 11 is 6.07. The molecule has 2 rings (SSSR count). The zero-order valence-corrected chi connectivity index (χ0v) is 10.1. The second-order valence-corrected chi connectivity index (χ2v) is 5.40. The van der Waals surface area contributed by atoms with Crippen LogP contribution in [0.25, 0.3) is 0 Å². The lowest BCUT2D eigenvalue weighted by atomic mass is 9.84. The number of rotatable bonds is 2. The third-order valence-corrected chi connectivity index (χ3v) is 3.09. The van der Waals surface area contributed by atoms with E-state index in [1.807, 2.05) is 0 Å². The number of hydrogen-bond acceptors (Lipinski definition) is 2. The molecule has 0 unspecified atom stereocenters. The van der Waals surface area contributed by atoms with Crippen molar-refractivity contribution in [1.29, 1.82) is 0 Å². The molecule has 1 aliphatic rings. The predicted molar refractivity (Wildman–Crippen MR) is 64.4 cm³/mol. The first-order valence-electron chi connectivity index (χ1n) is 5.17. The molecular formula is C12H14ClNO2. The number of carboxylic acid groups (broad SMARTS) is 1. The summed E-state index contributed by atoms with van der Waals surface area (Å²) < 4.78 is 0. The highest BCUT2D eigenvalue weighted by Crippen LogP contribution is 2.37. The molecule has 86 valence electrons. The quantitative estimate of drug-likeness (QED) is 0.863. The van der Waals surface area contributed by atoms with Gasteiger partial charge in [-0.1, -0.05) is 25.4 Å². The van der Waals surface area contributed by atoms with E-state index in [9.17, 15) is 4.79 Å². The van der Waals surface area contributed by atoms with Crippen molar-refractivity contribution in [2.75, 3.05) is 18.0 Å². The van der Waals surface area contributed by atoms with Crippen LogP contribution in [-0.2, 0) is 0 Å². The van der Waals surface area contributed by atoms with Gasteiger partial charge in [0.25, 0.3) is 0 Å². The van der Waals surface area contributed by atoms with Gasteiger partial charge in [-0.15, -0.1) is 0 Å². The predicted octanol–water partition coefficient (Wildman–Crippen LogP) is 2.88. The van der Waals surface area contributed by atoms with Crippen LogP contribution in [-0.4, -0.2) is 24.2 Å². The molecule has 4 heteroatoms. The normalized spacial score (nSPS) is 18.1. The number of aromatic carboxylic acids is 1. The highest BCUT2D eigenvalue weighted by atomic mass is 35.5. The molecule has 0 radical (unpaired) electrons. The Bertz CT molecular complexity index is 435. The van der Waals surface area contributed by atoms with Crippen molar-refractivity contribution < 1.29 is 9.90 Å². The van der Waals surface area contributed by atoms with Crippen molar-refractivity contribution in [3.05, 3.63) is 28.8 Å². The van der Waals surface area contributed by atoms with Gasteiger partial charge < -0.3 is 10.0 Å². The fourth-order valence-electron chi connectivity index (χ4n) is 2.05. The Morgan fingerprint density at radius 1 is 1.44 bits per heavy atom. The van der Waals surface area contributed by atoms with Crippen LogP contribution in [0.1, 0.15) is 24.2 Å². The van der Waals surface area contributed by atoms with Gasteiger partial charge in [0.05, 0.1) is 16.3 Å². The van der Waals surface area contributed by atoms with Crippen molar-refractivity contribution in [2.45, 2.75) is 13.8 Å². The molecule has 0 bridgehead atoms. The minimum atomic E-state index is -0.919. The molecule has 1 heterocycles. The number of carboxylic acids is 1. The van der Waals surface area contributed by atoms with Crippen LogP contribution in [0.5, 0.6) is 0 Å². The minimum Gasteiger partial charge on any atom is -0.478 e. The van der Waals surface area contributed by atoms with E-state index in [0.717, 1.165) is 18.8 Å². The summed E-state index contributed by atoms with van der Waals surface area (Å²) in [5.74, 6) is -0.919. The van der Waals surface area contributed by atoms with Crippen LogP contribution in [0.15, 0.2) is 18.2 Å². The van der Waals surface area contributed by atoms with Crippen molar-refractivity contribution in [2.24, 2.45) is 5.41 Å². The SMILES string of the molecule is CC1(C)CN(c2cc(C(=O)O)ccc2Cl)C1. The smallest absolute Gasteiger partial charge is 0.335 e. The molecule has 1 aliphatic heterocycles. The number of nitrogens with zero attached hydrogens (tertiary/aromatic N) is 1. The van der Waals surface area contributed by atoms with Gasteiger partial charge in [0.1, 0.15) is 0 Å². The monoisotopic (exact) mass is 239 g/mol. The number of benzene rings is 1. The van der Waals surface area contributed by atoms with E-state index in [4.69, 9.17) is 16.7 Å². The van der Waals surface area contributed by atoms with Crippen LogP contribution < -0.4 is 4.90 Å². The van der Waals surface area contributed by atoms with Gasteiger partial charge in [-0.3, -0.25) is 0 Å².